The summed E-state index contributed by atoms with van der Waals surface area (Å²) in [5, 5.41) is 11.9. The lowest BCUT2D eigenvalue weighted by molar-refractivity contribution is -0.386. The van der Waals surface area contributed by atoms with E-state index < -0.39 is 64.8 Å². The predicted octanol–water partition coefficient (Wildman–Crippen LogP) is 8.54. The molecule has 2 saturated heterocycles. The minimum absolute atomic E-state index is 0.0286. The Morgan fingerprint density at radius 2 is 1.62 bits per heavy atom. The van der Waals surface area contributed by atoms with Gasteiger partial charge >= 0.3 is 12.1 Å². The fourth-order valence-corrected chi connectivity index (χ4v) is 9.71. The summed E-state index contributed by atoms with van der Waals surface area (Å²) in [6, 6.07) is 30.4. The van der Waals surface area contributed by atoms with Crippen LogP contribution in [0, 0.1) is 10.1 Å². The number of methoxy groups -OCH3 is 1. The number of nitro groups is 1. The zero-order valence-corrected chi connectivity index (χ0v) is 35.7. The molecule has 322 valence electrons. The number of hydrogen-bond acceptors (Lipinski definition) is 12. The molecule has 2 heterocycles. The smallest absolute Gasteiger partial charge is 0.410 e. The zero-order valence-electron chi connectivity index (χ0n) is 34.9. The van der Waals surface area contributed by atoms with Crippen molar-refractivity contribution in [1.29, 1.82) is 0 Å². The summed E-state index contributed by atoms with van der Waals surface area (Å²) in [6.45, 7) is 9.76. The quantitative estimate of drug-likeness (QED) is 0.0489. The molecule has 4 aromatic rings. The van der Waals surface area contributed by atoms with Crippen LogP contribution < -0.4 is 0 Å². The Kier molecular flexibility index (Phi) is 13.9. The van der Waals surface area contributed by atoms with Crippen LogP contribution in [-0.4, -0.2) is 102 Å². The average Bonchev–Trinajstić information content (AvgIpc) is 3.60. The number of ether oxygens (including phenoxy) is 7. The molecule has 4 aromatic carbocycles. The molecule has 3 aliphatic rings. The molecule has 13 nitrogen and oxygen atoms in total. The molecule has 0 spiro atoms. The van der Waals surface area contributed by atoms with Crippen LogP contribution in [0.1, 0.15) is 60.2 Å². The van der Waals surface area contributed by atoms with Crippen LogP contribution in [0.3, 0.4) is 0 Å². The van der Waals surface area contributed by atoms with Gasteiger partial charge < -0.3 is 33.2 Å². The van der Waals surface area contributed by atoms with E-state index in [1.807, 2.05) is 51.3 Å². The third-order valence-electron chi connectivity index (χ3n) is 11.9. The number of nitrogens with zero attached hydrogens (tertiary/aromatic N) is 2. The van der Waals surface area contributed by atoms with Gasteiger partial charge in [0, 0.05) is 31.6 Å². The Balaban J connectivity index is 1.12. The van der Waals surface area contributed by atoms with Crippen molar-refractivity contribution in [3.8, 4) is 11.1 Å². The molecule has 0 unspecified atom stereocenters. The van der Waals surface area contributed by atoms with Gasteiger partial charge in [-0.15, -0.1) is 18.3 Å². The van der Waals surface area contributed by atoms with Crippen LogP contribution >= 0.6 is 11.8 Å². The number of rotatable bonds is 15. The molecule has 2 aliphatic heterocycles. The molecule has 0 N–H and O–H groups in total. The van der Waals surface area contributed by atoms with E-state index in [-0.39, 0.29) is 43.9 Å². The van der Waals surface area contributed by atoms with Gasteiger partial charge in [-0.25, -0.2) is 9.59 Å². The van der Waals surface area contributed by atoms with Crippen LogP contribution in [-0.2, 0) is 39.8 Å². The number of nitro benzene ring substituents is 1. The van der Waals surface area contributed by atoms with Crippen LogP contribution in [0.4, 0.5) is 10.5 Å². The maximum Gasteiger partial charge on any atom is 0.410 e. The highest BCUT2D eigenvalue weighted by Gasteiger charge is 2.57. The lowest BCUT2D eigenvalue weighted by Gasteiger charge is -2.51. The number of thioether (sulfide) groups is 1. The number of para-hydroxylation sites is 1. The Hall–Kier alpha value is -5.09. The van der Waals surface area contributed by atoms with E-state index in [2.05, 4.69) is 30.8 Å². The van der Waals surface area contributed by atoms with Gasteiger partial charge in [0.05, 0.1) is 52.3 Å². The minimum Gasteiger partial charge on any atom is -0.454 e. The van der Waals surface area contributed by atoms with Gasteiger partial charge in [-0.1, -0.05) is 84.9 Å². The molecule has 14 heteroatoms. The number of benzene rings is 4. The number of hydrogen-bond donors (Lipinski definition) is 0. The molecule has 0 bridgehead atoms. The number of amides is 1. The molecule has 1 amide bonds. The highest BCUT2D eigenvalue weighted by Crippen LogP contribution is 2.46. The van der Waals surface area contributed by atoms with E-state index in [0.717, 1.165) is 22.3 Å². The van der Waals surface area contributed by atoms with E-state index in [9.17, 15) is 19.7 Å². The van der Waals surface area contributed by atoms with Crippen molar-refractivity contribution in [3.63, 3.8) is 0 Å². The van der Waals surface area contributed by atoms with Crippen LogP contribution in [0.2, 0.25) is 0 Å². The zero-order chi connectivity index (χ0) is 43.3. The van der Waals surface area contributed by atoms with Gasteiger partial charge in [-0.2, -0.15) is 0 Å². The number of esters is 1. The summed E-state index contributed by atoms with van der Waals surface area (Å²) in [4.78, 5) is 41.0. The third-order valence-corrected chi connectivity index (χ3v) is 13.3. The Bertz CT molecular complexity index is 2140. The average molecular weight is 853 g/mol. The van der Waals surface area contributed by atoms with Crippen LogP contribution in [0.15, 0.2) is 116 Å². The fraction of sp³-hybridized carbons (Fsp3) is 0.404. The van der Waals surface area contributed by atoms with E-state index in [1.54, 1.807) is 66.6 Å². The van der Waals surface area contributed by atoms with Crippen LogP contribution in [0.5, 0.6) is 0 Å². The van der Waals surface area contributed by atoms with Crippen LogP contribution in [0.25, 0.3) is 11.1 Å². The van der Waals surface area contributed by atoms with Crippen molar-refractivity contribution in [2.45, 2.75) is 93.5 Å². The number of carbonyl (C=O) groups is 2. The first kappa shape index (κ1) is 44.0. The summed E-state index contributed by atoms with van der Waals surface area (Å²) in [7, 11) is 1.57. The van der Waals surface area contributed by atoms with Crippen molar-refractivity contribution >= 4 is 29.5 Å². The lowest BCUT2D eigenvalue weighted by atomic mass is 9.88. The first-order valence-corrected chi connectivity index (χ1v) is 21.6. The lowest BCUT2D eigenvalue weighted by Crippen LogP contribution is -2.66. The Morgan fingerprint density at radius 3 is 2.25 bits per heavy atom. The fourth-order valence-electron chi connectivity index (χ4n) is 8.74. The van der Waals surface area contributed by atoms with E-state index in [4.69, 9.17) is 33.2 Å². The molecule has 7 rings (SSSR count). The topological polar surface area (TPSA) is 145 Å². The van der Waals surface area contributed by atoms with Crippen molar-refractivity contribution in [2.75, 3.05) is 26.6 Å². The molecule has 0 aromatic heterocycles. The summed E-state index contributed by atoms with van der Waals surface area (Å²) < 4.78 is 43.5. The molecule has 0 radical (unpaired) electrons. The highest BCUT2D eigenvalue weighted by atomic mass is 32.2. The maximum atomic E-state index is 14.1. The van der Waals surface area contributed by atoms with Gasteiger partial charge in [-0.3, -0.25) is 15.0 Å². The molecule has 0 saturated carbocycles. The molecular weight excluding hydrogens is 801 g/mol. The number of fused-ring (bicyclic) bond motifs is 3. The van der Waals surface area contributed by atoms with Gasteiger partial charge in [0.25, 0.3) is 5.69 Å². The summed E-state index contributed by atoms with van der Waals surface area (Å²) in [5.74, 6) is -0.707. The number of carbonyl (C=O) groups excluding carboxylic acids is 2. The van der Waals surface area contributed by atoms with E-state index in [1.165, 1.54) is 17.8 Å². The van der Waals surface area contributed by atoms with E-state index >= 15 is 0 Å². The second kappa shape index (κ2) is 19.3. The minimum atomic E-state index is -1.18. The van der Waals surface area contributed by atoms with Crippen molar-refractivity contribution < 1.29 is 47.7 Å². The Labute approximate surface area is 360 Å². The van der Waals surface area contributed by atoms with Gasteiger partial charge in [-0.05, 0) is 67.5 Å². The van der Waals surface area contributed by atoms with Gasteiger partial charge in [0.1, 0.15) is 6.61 Å². The second-order valence-corrected chi connectivity index (χ2v) is 16.7. The predicted molar refractivity (Wildman–Crippen MR) is 230 cm³/mol. The van der Waals surface area contributed by atoms with Crippen molar-refractivity contribution in [1.82, 2.24) is 4.90 Å². The Morgan fingerprint density at radius 1 is 0.984 bits per heavy atom. The van der Waals surface area contributed by atoms with E-state index in [0.29, 0.717) is 11.1 Å². The summed E-state index contributed by atoms with van der Waals surface area (Å²) in [6.07, 6.45) is -2.25. The second-order valence-electron chi connectivity index (χ2n) is 15.5. The standard InChI is InChI=1S/C47H52N2O11S/c1-7-47(61-6)30(4)58-45(56-26-32-19-11-16-24-38(32)49(52)53)42(43(47)60-44(50)31-17-9-8-10-18-31)59-41-25-40(54-5)39(28-55-41)48(29(2)3)46(51)57-27-37-35-22-14-12-20-33(35)34-21-13-15-23-36(34)37/h7-24,29-30,37,39-43,45H,1,25-28H2,2-6H3/t30-,39+,40+,41+,42-,43-,45-,47+/m1/s1. The summed E-state index contributed by atoms with van der Waals surface area (Å²) >= 11 is 1.39. The first-order valence-electron chi connectivity index (χ1n) is 20.4. The summed E-state index contributed by atoms with van der Waals surface area (Å²) in [5.41, 5.74) is 5.04. The molecule has 61 heavy (non-hydrogen) atoms. The largest absolute Gasteiger partial charge is 0.454 e. The van der Waals surface area contributed by atoms with Crippen molar-refractivity contribution in [2.24, 2.45) is 0 Å². The van der Waals surface area contributed by atoms with Gasteiger partial charge in [0.2, 0.25) is 0 Å². The molecule has 8 atom stereocenters. The highest BCUT2D eigenvalue weighted by molar-refractivity contribution is 8.00. The van der Waals surface area contributed by atoms with Gasteiger partial charge in [0.15, 0.2) is 24.8 Å². The van der Waals surface area contributed by atoms with Crippen molar-refractivity contribution in [3.05, 3.63) is 148 Å². The first-order chi connectivity index (χ1) is 29.5. The molecular formula is C47H52N2O11S. The monoisotopic (exact) mass is 852 g/mol. The molecule has 1 aliphatic carbocycles. The molecule has 2 fully saturated rings. The SMILES string of the molecule is C=C[C@@]1(SC)[C@H](OC(=O)c2ccccc2)[C@@H](O[C@H]2C[C@H](OC)[C@@H](N(C(=O)OCC3c4ccccc4-c4ccccc43)C(C)C)CO2)[C@H](OCc2ccccc2[N+](=O)[O-])O[C@@H]1C. The maximum absolute atomic E-state index is 14.1. The normalized spacial score (nSPS) is 25.9. The third kappa shape index (κ3) is 8.97.